The lowest BCUT2D eigenvalue weighted by atomic mass is 9.82. The van der Waals surface area contributed by atoms with Gasteiger partial charge in [0, 0.05) is 37.6 Å². The van der Waals surface area contributed by atoms with Crippen LogP contribution in [0.25, 0.3) is 0 Å². The minimum atomic E-state index is -4.33. The molecule has 2 saturated heterocycles. The van der Waals surface area contributed by atoms with Gasteiger partial charge in [0.25, 0.3) is 0 Å². The van der Waals surface area contributed by atoms with E-state index in [0.717, 1.165) is 32.5 Å². The first kappa shape index (κ1) is 27.5. The summed E-state index contributed by atoms with van der Waals surface area (Å²) in [7, 11) is 0. The van der Waals surface area contributed by atoms with Gasteiger partial charge < -0.3 is 0 Å². The fourth-order valence-corrected chi connectivity index (χ4v) is 5.79. The van der Waals surface area contributed by atoms with Gasteiger partial charge in [0.2, 0.25) is 0 Å². The van der Waals surface area contributed by atoms with E-state index in [2.05, 4.69) is 58.3 Å². The Balaban J connectivity index is 0.00000171. The van der Waals surface area contributed by atoms with E-state index in [0.29, 0.717) is 18.2 Å². The number of hydrogen-bond acceptors (Lipinski definition) is 2. The normalized spacial score (nSPS) is 20.7. The van der Waals surface area contributed by atoms with Crippen LogP contribution in [0.3, 0.4) is 0 Å². The number of alkyl halides is 3. The first-order chi connectivity index (χ1) is 16.0. The highest BCUT2D eigenvalue weighted by Crippen LogP contribution is 2.39. The van der Waals surface area contributed by atoms with Gasteiger partial charge in [-0.25, -0.2) is 0 Å². The van der Waals surface area contributed by atoms with Gasteiger partial charge in [0.05, 0.1) is 5.56 Å². The van der Waals surface area contributed by atoms with E-state index in [-0.39, 0.29) is 36.8 Å². The van der Waals surface area contributed by atoms with Crippen LogP contribution in [0.1, 0.15) is 41.0 Å². The van der Waals surface area contributed by atoms with Gasteiger partial charge in [-0.1, -0.05) is 78.9 Å². The molecule has 2 nitrogen and oxygen atoms in total. The maximum atomic E-state index is 13.6. The molecular formula is C28H31Cl2F3N2. The largest absolute Gasteiger partial charge is 0.416 e. The molecule has 5 rings (SSSR count). The number of fused-ring (bicyclic) bond motifs is 1. The molecular weight excluding hydrogens is 492 g/mol. The molecule has 0 aliphatic carbocycles. The number of hydrogen-bond donors (Lipinski definition) is 0. The third-order valence-corrected chi connectivity index (χ3v) is 7.18. The summed E-state index contributed by atoms with van der Waals surface area (Å²) in [6, 6.07) is 27.7. The average molecular weight is 523 g/mol. The van der Waals surface area contributed by atoms with Crippen molar-refractivity contribution in [2.75, 3.05) is 19.6 Å². The second-order valence-electron chi connectivity index (χ2n) is 9.25. The third kappa shape index (κ3) is 6.03. The summed E-state index contributed by atoms with van der Waals surface area (Å²) in [5.41, 5.74) is 2.37. The van der Waals surface area contributed by atoms with Crippen molar-refractivity contribution < 1.29 is 13.2 Å². The number of piperazine rings is 1. The van der Waals surface area contributed by atoms with Crippen LogP contribution >= 0.6 is 24.8 Å². The van der Waals surface area contributed by atoms with E-state index >= 15 is 0 Å². The van der Waals surface area contributed by atoms with Crippen LogP contribution in [0.5, 0.6) is 0 Å². The van der Waals surface area contributed by atoms with E-state index in [1.807, 2.05) is 12.1 Å². The lowest BCUT2D eigenvalue weighted by Gasteiger charge is -2.47. The Bertz CT molecular complexity index is 1020. The van der Waals surface area contributed by atoms with Gasteiger partial charge in [-0.05, 0) is 42.1 Å². The minimum absolute atomic E-state index is 0. The van der Waals surface area contributed by atoms with Gasteiger partial charge in [-0.15, -0.1) is 24.8 Å². The van der Waals surface area contributed by atoms with Crippen LogP contribution in [0.4, 0.5) is 13.2 Å². The summed E-state index contributed by atoms with van der Waals surface area (Å²) in [6.45, 7) is 2.95. The highest BCUT2D eigenvalue weighted by Gasteiger charge is 2.42. The lowest BCUT2D eigenvalue weighted by Crippen LogP contribution is -2.57. The summed E-state index contributed by atoms with van der Waals surface area (Å²) in [5.74, 6) is 0.175. The first-order valence-corrected chi connectivity index (χ1v) is 11.7. The van der Waals surface area contributed by atoms with Crippen molar-refractivity contribution in [1.29, 1.82) is 0 Å². The Kier molecular flexibility index (Phi) is 9.28. The molecule has 0 aromatic heterocycles. The second-order valence-corrected chi connectivity index (χ2v) is 9.25. The number of halogens is 5. The zero-order chi connectivity index (χ0) is 22.8. The van der Waals surface area contributed by atoms with Crippen LogP contribution in [-0.4, -0.2) is 41.5 Å². The van der Waals surface area contributed by atoms with E-state index < -0.39 is 11.7 Å². The summed E-state index contributed by atoms with van der Waals surface area (Å²) in [5, 5.41) is 0. The highest BCUT2D eigenvalue weighted by molar-refractivity contribution is 5.85. The Morgan fingerprint density at radius 2 is 1.34 bits per heavy atom. The molecule has 7 heteroatoms. The molecule has 3 aromatic rings. The molecule has 188 valence electrons. The number of nitrogens with zero attached hydrogens (tertiary/aromatic N) is 2. The molecule has 2 atom stereocenters. The van der Waals surface area contributed by atoms with Crippen molar-refractivity contribution in [3.8, 4) is 0 Å². The van der Waals surface area contributed by atoms with E-state index in [4.69, 9.17) is 0 Å². The van der Waals surface area contributed by atoms with E-state index in [1.165, 1.54) is 23.3 Å². The summed E-state index contributed by atoms with van der Waals surface area (Å²) in [4.78, 5) is 4.87. The molecule has 2 aliphatic rings. The monoisotopic (exact) mass is 522 g/mol. The van der Waals surface area contributed by atoms with E-state index in [9.17, 15) is 13.2 Å². The Morgan fingerprint density at radius 1 is 0.771 bits per heavy atom. The van der Waals surface area contributed by atoms with Crippen LogP contribution in [0.2, 0.25) is 0 Å². The minimum Gasteiger partial charge on any atom is -0.296 e. The van der Waals surface area contributed by atoms with Crippen molar-refractivity contribution in [1.82, 2.24) is 9.80 Å². The predicted octanol–water partition coefficient (Wildman–Crippen LogP) is 7.03. The maximum absolute atomic E-state index is 13.6. The Hall–Kier alpha value is -2.05. The Morgan fingerprint density at radius 3 is 1.94 bits per heavy atom. The zero-order valence-corrected chi connectivity index (χ0v) is 21.0. The SMILES string of the molecule is Cl.Cl.FC(F)(F)c1ccccc1CN1C[C@@H]2CCCN2[C@H](C(c2ccccc2)c2ccccc2)C1. The number of benzene rings is 3. The van der Waals surface area contributed by atoms with Gasteiger partial charge >= 0.3 is 6.18 Å². The summed E-state index contributed by atoms with van der Waals surface area (Å²) >= 11 is 0. The molecule has 0 saturated carbocycles. The fourth-order valence-electron chi connectivity index (χ4n) is 5.79. The van der Waals surface area contributed by atoms with Crippen LogP contribution in [-0.2, 0) is 12.7 Å². The topological polar surface area (TPSA) is 6.48 Å². The molecule has 2 heterocycles. The van der Waals surface area contributed by atoms with Crippen molar-refractivity contribution in [2.24, 2.45) is 0 Å². The highest BCUT2D eigenvalue weighted by atomic mass is 35.5. The summed E-state index contributed by atoms with van der Waals surface area (Å²) < 4.78 is 40.9. The quantitative estimate of drug-likeness (QED) is 0.354. The standard InChI is InChI=1S/C28H29F3N2.2ClH/c29-28(30,31)25-16-8-7-14-23(25)18-32-19-24-15-9-17-33(24)26(20-32)27(21-10-3-1-4-11-21)22-12-5-2-6-13-22;;/h1-8,10-14,16,24,26-27H,9,15,17-20H2;2*1H/t24-,26-;;/m0../s1. The molecule has 0 bridgehead atoms. The van der Waals surface area contributed by atoms with Crippen LogP contribution < -0.4 is 0 Å². The van der Waals surface area contributed by atoms with Crippen molar-refractivity contribution in [3.05, 3.63) is 107 Å². The van der Waals surface area contributed by atoms with Gasteiger partial charge in [0.15, 0.2) is 0 Å². The average Bonchev–Trinajstić information content (AvgIpc) is 3.29. The third-order valence-electron chi connectivity index (χ3n) is 7.18. The molecule has 2 fully saturated rings. The predicted molar refractivity (Wildman–Crippen MR) is 139 cm³/mol. The van der Waals surface area contributed by atoms with Crippen LogP contribution in [0.15, 0.2) is 84.9 Å². The fraction of sp³-hybridized carbons (Fsp3) is 0.357. The van der Waals surface area contributed by atoms with Crippen molar-refractivity contribution >= 4 is 24.8 Å². The zero-order valence-electron chi connectivity index (χ0n) is 19.4. The van der Waals surface area contributed by atoms with E-state index in [1.54, 1.807) is 12.1 Å². The van der Waals surface area contributed by atoms with Crippen molar-refractivity contribution in [3.63, 3.8) is 0 Å². The van der Waals surface area contributed by atoms with Gasteiger partial charge in [-0.3, -0.25) is 9.80 Å². The maximum Gasteiger partial charge on any atom is 0.416 e. The molecule has 3 aromatic carbocycles. The molecule has 0 unspecified atom stereocenters. The smallest absolute Gasteiger partial charge is 0.296 e. The molecule has 0 amide bonds. The van der Waals surface area contributed by atoms with Gasteiger partial charge in [-0.2, -0.15) is 13.2 Å². The first-order valence-electron chi connectivity index (χ1n) is 11.7. The lowest BCUT2D eigenvalue weighted by molar-refractivity contribution is -0.138. The van der Waals surface area contributed by atoms with Crippen molar-refractivity contribution in [2.45, 2.75) is 43.6 Å². The van der Waals surface area contributed by atoms with Gasteiger partial charge in [0.1, 0.15) is 0 Å². The van der Waals surface area contributed by atoms with Crippen LogP contribution in [0, 0.1) is 0 Å². The second kappa shape index (κ2) is 11.8. The molecule has 0 N–H and O–H groups in total. The molecule has 0 radical (unpaired) electrons. The summed E-state index contributed by atoms with van der Waals surface area (Å²) in [6.07, 6.45) is -2.09. The molecule has 0 spiro atoms. The molecule has 2 aliphatic heterocycles. The molecule has 35 heavy (non-hydrogen) atoms. The number of rotatable bonds is 5. The Labute approximate surface area is 218 Å².